The van der Waals surface area contributed by atoms with Gasteiger partial charge in [-0.05, 0) is 36.6 Å². The lowest BCUT2D eigenvalue weighted by Gasteiger charge is -2.19. The average molecular weight is 419 g/mol. The summed E-state index contributed by atoms with van der Waals surface area (Å²) in [6.45, 7) is 4.66. The molecule has 0 radical (unpaired) electrons. The quantitative estimate of drug-likeness (QED) is 0.570. The maximum Gasteiger partial charge on any atom is 0.235 e. The maximum absolute atomic E-state index is 12.2. The first-order chi connectivity index (χ1) is 13.8. The molecule has 1 N–H and O–H groups in total. The maximum atomic E-state index is 12.2. The van der Waals surface area contributed by atoms with Gasteiger partial charge in [-0.3, -0.25) is 4.79 Å². The molecule has 0 fully saturated rings. The molecule has 0 atom stereocenters. The van der Waals surface area contributed by atoms with Gasteiger partial charge in [-0.25, -0.2) is 8.42 Å². The molecule has 7 heteroatoms. The molecule has 0 aromatic heterocycles. The summed E-state index contributed by atoms with van der Waals surface area (Å²) in [4.78, 5) is 12.2. The molecule has 0 saturated heterocycles. The van der Waals surface area contributed by atoms with E-state index in [1.54, 1.807) is 0 Å². The van der Waals surface area contributed by atoms with E-state index in [1.165, 1.54) is 9.87 Å². The number of aryl methyl sites for hydroxylation is 2. The van der Waals surface area contributed by atoms with Crippen molar-refractivity contribution in [3.8, 4) is 5.75 Å². The van der Waals surface area contributed by atoms with Gasteiger partial charge in [0.2, 0.25) is 15.9 Å². The van der Waals surface area contributed by atoms with Gasteiger partial charge in [-0.2, -0.15) is 4.31 Å². The van der Waals surface area contributed by atoms with Crippen LogP contribution in [0.3, 0.4) is 0 Å². The minimum atomic E-state index is -3.51. The SMILES string of the molecule is CCCc1ccc(OCCNC(=O)CN(Cc2ccc(C)cc2)S(C)(=O)=O)cc1. The molecule has 158 valence electrons. The van der Waals surface area contributed by atoms with Crippen LogP contribution in [0.2, 0.25) is 0 Å². The van der Waals surface area contributed by atoms with Crippen LogP contribution >= 0.6 is 0 Å². The van der Waals surface area contributed by atoms with Crippen LogP contribution < -0.4 is 10.1 Å². The molecule has 6 nitrogen and oxygen atoms in total. The number of carbonyl (C=O) groups is 1. The molecule has 0 aliphatic carbocycles. The van der Waals surface area contributed by atoms with Crippen molar-refractivity contribution in [3.63, 3.8) is 0 Å². The van der Waals surface area contributed by atoms with Crippen LogP contribution in [-0.2, 0) is 27.8 Å². The van der Waals surface area contributed by atoms with Gasteiger partial charge >= 0.3 is 0 Å². The Hall–Kier alpha value is -2.38. The van der Waals surface area contributed by atoms with Crippen molar-refractivity contribution in [2.75, 3.05) is 26.0 Å². The van der Waals surface area contributed by atoms with Crippen LogP contribution in [0.25, 0.3) is 0 Å². The minimum Gasteiger partial charge on any atom is -0.492 e. The molecule has 0 spiro atoms. The summed E-state index contributed by atoms with van der Waals surface area (Å²) in [5, 5.41) is 2.71. The van der Waals surface area contributed by atoms with Gasteiger partial charge in [-0.15, -0.1) is 0 Å². The number of hydrogen-bond donors (Lipinski definition) is 1. The lowest BCUT2D eigenvalue weighted by molar-refractivity contribution is -0.121. The number of amides is 1. The zero-order valence-corrected chi connectivity index (χ0v) is 18.2. The number of nitrogens with one attached hydrogen (secondary N) is 1. The van der Waals surface area contributed by atoms with Crippen LogP contribution in [0.4, 0.5) is 0 Å². The Bertz CT molecular complexity index is 878. The predicted molar refractivity (Wildman–Crippen MR) is 115 cm³/mol. The highest BCUT2D eigenvalue weighted by molar-refractivity contribution is 7.88. The van der Waals surface area contributed by atoms with Crippen LogP contribution in [0.1, 0.15) is 30.0 Å². The van der Waals surface area contributed by atoms with Crippen LogP contribution in [-0.4, -0.2) is 44.6 Å². The first-order valence-electron chi connectivity index (χ1n) is 9.77. The Morgan fingerprint density at radius 3 is 2.24 bits per heavy atom. The first kappa shape index (κ1) is 22.9. The van der Waals surface area contributed by atoms with E-state index in [1.807, 2.05) is 55.5 Å². The molecule has 0 aliphatic rings. The molecule has 1 amide bonds. The Morgan fingerprint density at radius 2 is 1.66 bits per heavy atom. The van der Waals surface area contributed by atoms with Crippen LogP contribution in [0.15, 0.2) is 48.5 Å². The van der Waals surface area contributed by atoms with E-state index in [-0.39, 0.29) is 19.0 Å². The molecular formula is C22H30N2O4S. The second-order valence-corrected chi connectivity index (χ2v) is 9.09. The zero-order valence-electron chi connectivity index (χ0n) is 17.3. The van der Waals surface area contributed by atoms with Gasteiger partial charge in [0.25, 0.3) is 0 Å². The Kier molecular flexibility index (Phi) is 8.67. The summed E-state index contributed by atoms with van der Waals surface area (Å²) in [5.74, 6) is 0.390. The molecular weight excluding hydrogens is 388 g/mol. The molecule has 2 aromatic carbocycles. The van der Waals surface area contributed by atoms with E-state index in [0.29, 0.717) is 13.2 Å². The van der Waals surface area contributed by atoms with Crippen molar-refractivity contribution >= 4 is 15.9 Å². The van der Waals surface area contributed by atoms with Crippen molar-refractivity contribution in [1.82, 2.24) is 9.62 Å². The number of benzene rings is 2. The van der Waals surface area contributed by atoms with Gasteiger partial charge in [0.1, 0.15) is 12.4 Å². The van der Waals surface area contributed by atoms with E-state index in [2.05, 4.69) is 12.2 Å². The normalized spacial score (nSPS) is 11.4. The van der Waals surface area contributed by atoms with E-state index >= 15 is 0 Å². The predicted octanol–water partition coefficient (Wildman–Crippen LogP) is 2.90. The summed E-state index contributed by atoms with van der Waals surface area (Å²) in [6.07, 6.45) is 3.25. The number of ether oxygens (including phenoxy) is 1. The third kappa shape index (κ3) is 8.25. The second-order valence-electron chi connectivity index (χ2n) is 7.11. The number of rotatable bonds is 11. The Balaban J connectivity index is 1.79. The van der Waals surface area contributed by atoms with Gasteiger partial charge < -0.3 is 10.1 Å². The van der Waals surface area contributed by atoms with Crippen molar-refractivity contribution in [1.29, 1.82) is 0 Å². The average Bonchev–Trinajstić information content (AvgIpc) is 2.67. The van der Waals surface area contributed by atoms with Gasteiger partial charge in [-0.1, -0.05) is 55.3 Å². The fraction of sp³-hybridized carbons (Fsp3) is 0.409. The topological polar surface area (TPSA) is 75.7 Å². The smallest absolute Gasteiger partial charge is 0.235 e. The molecule has 0 saturated carbocycles. The molecule has 0 heterocycles. The lowest BCUT2D eigenvalue weighted by Crippen LogP contribution is -2.40. The van der Waals surface area contributed by atoms with Gasteiger partial charge in [0.15, 0.2) is 0 Å². The molecule has 0 aliphatic heterocycles. The van der Waals surface area contributed by atoms with E-state index in [0.717, 1.165) is 36.0 Å². The van der Waals surface area contributed by atoms with Crippen molar-refractivity contribution in [2.45, 2.75) is 33.2 Å². The van der Waals surface area contributed by atoms with E-state index in [9.17, 15) is 13.2 Å². The molecule has 2 rings (SSSR count). The summed E-state index contributed by atoms with van der Waals surface area (Å²) in [7, 11) is -3.51. The largest absolute Gasteiger partial charge is 0.492 e. The number of nitrogens with zero attached hydrogens (tertiary/aromatic N) is 1. The van der Waals surface area contributed by atoms with Gasteiger partial charge in [0, 0.05) is 6.54 Å². The standard InChI is InChI=1S/C22H30N2O4S/c1-4-5-19-10-12-21(13-11-19)28-15-14-23-22(25)17-24(29(3,26)27)16-20-8-6-18(2)7-9-20/h6-13H,4-5,14-17H2,1-3H3,(H,23,25). The number of sulfonamides is 1. The second kappa shape index (κ2) is 11.0. The van der Waals surface area contributed by atoms with Crippen molar-refractivity contribution in [3.05, 3.63) is 65.2 Å². The Labute approximate surface area is 173 Å². The Morgan fingerprint density at radius 1 is 1.03 bits per heavy atom. The molecule has 29 heavy (non-hydrogen) atoms. The highest BCUT2D eigenvalue weighted by Crippen LogP contribution is 2.13. The van der Waals surface area contributed by atoms with Crippen LogP contribution in [0.5, 0.6) is 5.75 Å². The highest BCUT2D eigenvalue weighted by atomic mass is 32.2. The first-order valence-corrected chi connectivity index (χ1v) is 11.6. The third-order valence-electron chi connectivity index (χ3n) is 4.42. The summed E-state index contributed by atoms with van der Waals surface area (Å²) in [5.41, 5.74) is 3.20. The zero-order chi connectivity index (χ0) is 21.3. The van der Waals surface area contributed by atoms with E-state index in [4.69, 9.17) is 4.74 Å². The fourth-order valence-electron chi connectivity index (χ4n) is 2.80. The number of hydrogen-bond acceptors (Lipinski definition) is 4. The van der Waals surface area contributed by atoms with Gasteiger partial charge in [0.05, 0.1) is 19.3 Å². The fourth-order valence-corrected chi connectivity index (χ4v) is 3.54. The van der Waals surface area contributed by atoms with E-state index < -0.39 is 10.0 Å². The molecule has 2 aromatic rings. The molecule has 0 bridgehead atoms. The monoisotopic (exact) mass is 418 g/mol. The highest BCUT2D eigenvalue weighted by Gasteiger charge is 2.20. The third-order valence-corrected chi connectivity index (χ3v) is 5.62. The summed E-state index contributed by atoms with van der Waals surface area (Å²) >= 11 is 0. The van der Waals surface area contributed by atoms with Crippen molar-refractivity contribution < 1.29 is 17.9 Å². The minimum absolute atomic E-state index is 0.160. The lowest BCUT2D eigenvalue weighted by atomic mass is 10.1. The molecule has 0 unspecified atom stereocenters. The summed E-state index contributed by atoms with van der Waals surface area (Å²) < 4.78 is 30.9. The number of carbonyl (C=O) groups excluding carboxylic acids is 1. The van der Waals surface area contributed by atoms with Crippen molar-refractivity contribution in [2.24, 2.45) is 0 Å². The van der Waals surface area contributed by atoms with Crippen LogP contribution in [0, 0.1) is 6.92 Å². The summed E-state index contributed by atoms with van der Waals surface area (Å²) in [6, 6.07) is 15.5.